The van der Waals surface area contributed by atoms with E-state index in [0.717, 1.165) is 11.1 Å². The highest BCUT2D eigenvalue weighted by Gasteiger charge is 2.28. The lowest BCUT2D eigenvalue weighted by atomic mass is 9.96. The molecule has 0 radical (unpaired) electrons. The zero-order valence-corrected chi connectivity index (χ0v) is 17.1. The molecule has 3 rings (SSSR count). The van der Waals surface area contributed by atoms with Gasteiger partial charge in [0.2, 0.25) is 0 Å². The van der Waals surface area contributed by atoms with E-state index in [4.69, 9.17) is 9.02 Å². The minimum Gasteiger partial charge on any atom is -0.396 e. The normalized spacial score (nSPS) is 17.9. The minimum absolute atomic E-state index is 0.114. The van der Waals surface area contributed by atoms with E-state index in [1.54, 1.807) is 31.3 Å². The number of oxime groups is 1. The summed E-state index contributed by atoms with van der Waals surface area (Å²) in [5, 5.41) is 4.05. The van der Waals surface area contributed by atoms with Crippen LogP contribution in [0.1, 0.15) is 31.0 Å². The molecule has 150 valence electrons. The standard InChI is InChI=1S/C22H22N2O4S/c1-3-27-24-21-16-18(9-11-19-6-4-5-15-23-19)10-14-22(21)28-29(25,26)20-12-7-17(2)8-13-20/h4-8,12-13,15-16,22H,3,10,14H2,1-2H3/b24-21+. The summed E-state index contributed by atoms with van der Waals surface area (Å²) in [6.07, 6.45) is 3.68. The second-order valence-corrected chi connectivity index (χ2v) is 8.03. The van der Waals surface area contributed by atoms with Gasteiger partial charge in [0.15, 0.2) is 0 Å². The van der Waals surface area contributed by atoms with E-state index in [9.17, 15) is 8.42 Å². The van der Waals surface area contributed by atoms with Crippen LogP contribution in [0.3, 0.4) is 0 Å². The topological polar surface area (TPSA) is 77.9 Å². The highest BCUT2D eigenvalue weighted by molar-refractivity contribution is 7.86. The lowest BCUT2D eigenvalue weighted by molar-refractivity contribution is 0.152. The van der Waals surface area contributed by atoms with Crippen LogP contribution in [0.4, 0.5) is 0 Å². The molecule has 0 spiro atoms. The van der Waals surface area contributed by atoms with Crippen molar-refractivity contribution in [3.05, 3.63) is 71.6 Å². The third kappa shape index (κ3) is 5.76. The molecule has 0 bridgehead atoms. The summed E-state index contributed by atoms with van der Waals surface area (Å²) in [7, 11) is -3.92. The van der Waals surface area contributed by atoms with E-state index in [1.165, 1.54) is 12.1 Å². The molecule has 0 N–H and O–H groups in total. The molecule has 0 aliphatic heterocycles. The predicted molar refractivity (Wildman–Crippen MR) is 111 cm³/mol. The molecule has 7 heteroatoms. The first kappa shape index (κ1) is 20.8. The first-order valence-corrected chi connectivity index (χ1v) is 10.7. The number of aromatic nitrogens is 1. The number of rotatable bonds is 5. The molecule has 0 saturated heterocycles. The molecule has 6 nitrogen and oxygen atoms in total. The smallest absolute Gasteiger partial charge is 0.297 e. The number of benzene rings is 1. The van der Waals surface area contributed by atoms with Gasteiger partial charge in [-0.1, -0.05) is 34.8 Å². The van der Waals surface area contributed by atoms with Gasteiger partial charge >= 0.3 is 0 Å². The van der Waals surface area contributed by atoms with Crippen LogP contribution in [0.2, 0.25) is 0 Å². The fourth-order valence-electron chi connectivity index (χ4n) is 2.69. The Morgan fingerprint density at radius 3 is 2.66 bits per heavy atom. The fraction of sp³-hybridized carbons (Fsp3) is 0.273. The molecule has 1 aliphatic rings. The van der Waals surface area contributed by atoms with Crippen LogP contribution in [0, 0.1) is 18.8 Å². The zero-order chi connectivity index (χ0) is 20.7. The second-order valence-electron chi connectivity index (χ2n) is 6.46. The zero-order valence-electron chi connectivity index (χ0n) is 16.3. The van der Waals surface area contributed by atoms with Crippen molar-refractivity contribution in [3.63, 3.8) is 0 Å². The minimum atomic E-state index is -3.92. The molecule has 1 aromatic heterocycles. The van der Waals surface area contributed by atoms with Crippen LogP contribution in [0.15, 0.2) is 70.4 Å². The van der Waals surface area contributed by atoms with Crippen molar-refractivity contribution in [3.8, 4) is 11.8 Å². The number of nitrogens with zero attached hydrogens (tertiary/aromatic N) is 2. The molecule has 0 amide bonds. The Kier molecular flexibility index (Phi) is 6.81. The summed E-state index contributed by atoms with van der Waals surface area (Å²) < 4.78 is 30.8. The first-order chi connectivity index (χ1) is 14.0. The highest BCUT2D eigenvalue weighted by Crippen LogP contribution is 2.24. The fourth-order valence-corrected chi connectivity index (χ4v) is 3.77. The Balaban J connectivity index is 1.82. The Bertz CT molecular complexity index is 1060. The molecule has 29 heavy (non-hydrogen) atoms. The van der Waals surface area contributed by atoms with Crippen molar-refractivity contribution < 1.29 is 17.4 Å². The van der Waals surface area contributed by atoms with Gasteiger partial charge in [-0.25, -0.2) is 4.98 Å². The molecule has 1 atom stereocenters. The van der Waals surface area contributed by atoms with Gasteiger partial charge in [0, 0.05) is 11.8 Å². The lowest BCUT2D eigenvalue weighted by Gasteiger charge is -2.21. The van der Waals surface area contributed by atoms with Gasteiger partial charge in [-0.3, -0.25) is 4.18 Å². The summed E-state index contributed by atoms with van der Waals surface area (Å²) in [4.78, 5) is 9.45. The van der Waals surface area contributed by atoms with E-state index in [0.29, 0.717) is 30.9 Å². The Morgan fingerprint density at radius 1 is 1.17 bits per heavy atom. The van der Waals surface area contributed by atoms with Gasteiger partial charge in [0.05, 0.1) is 4.90 Å². The summed E-state index contributed by atoms with van der Waals surface area (Å²) in [6, 6.07) is 12.1. The van der Waals surface area contributed by atoms with Gasteiger partial charge in [0.25, 0.3) is 10.1 Å². The summed E-state index contributed by atoms with van der Waals surface area (Å²) in [5.41, 5.74) is 2.86. The summed E-state index contributed by atoms with van der Waals surface area (Å²) in [6.45, 7) is 4.06. The Hall–Kier alpha value is -2.95. The van der Waals surface area contributed by atoms with Crippen LogP contribution in [-0.4, -0.2) is 31.8 Å². The van der Waals surface area contributed by atoms with Crippen molar-refractivity contribution in [1.29, 1.82) is 0 Å². The molecular weight excluding hydrogens is 388 g/mol. The third-order valence-electron chi connectivity index (χ3n) is 4.20. The number of hydrogen-bond acceptors (Lipinski definition) is 6. The molecule has 0 fully saturated rings. The number of aryl methyl sites for hydroxylation is 1. The maximum Gasteiger partial charge on any atom is 0.297 e. The van der Waals surface area contributed by atoms with Crippen molar-refractivity contribution in [1.82, 2.24) is 4.98 Å². The average molecular weight is 410 g/mol. The largest absolute Gasteiger partial charge is 0.396 e. The van der Waals surface area contributed by atoms with Gasteiger partial charge in [-0.2, -0.15) is 8.42 Å². The SMILES string of the molecule is CCO/N=C1\C=C(C#Cc2ccccn2)CCC1OS(=O)(=O)c1ccc(C)cc1. The number of pyridine rings is 1. The molecular formula is C22H22N2O4S. The number of hydrogen-bond donors (Lipinski definition) is 0. The van der Waals surface area contributed by atoms with Gasteiger partial charge < -0.3 is 4.84 Å². The van der Waals surface area contributed by atoms with Gasteiger partial charge in [-0.15, -0.1) is 0 Å². The van der Waals surface area contributed by atoms with Crippen molar-refractivity contribution >= 4 is 15.8 Å². The first-order valence-electron chi connectivity index (χ1n) is 9.31. The van der Waals surface area contributed by atoms with Crippen LogP contribution in [-0.2, 0) is 19.1 Å². The quantitative estimate of drug-likeness (QED) is 0.427. The van der Waals surface area contributed by atoms with Crippen molar-refractivity contribution in [2.45, 2.75) is 37.7 Å². The van der Waals surface area contributed by atoms with Crippen LogP contribution < -0.4 is 0 Å². The van der Waals surface area contributed by atoms with E-state index in [2.05, 4.69) is 22.0 Å². The van der Waals surface area contributed by atoms with Crippen LogP contribution in [0.5, 0.6) is 0 Å². The molecule has 1 aliphatic carbocycles. The van der Waals surface area contributed by atoms with Crippen LogP contribution >= 0.6 is 0 Å². The number of allylic oxidation sites excluding steroid dienone is 1. The highest BCUT2D eigenvalue weighted by atomic mass is 32.2. The summed E-state index contributed by atoms with van der Waals surface area (Å²) >= 11 is 0. The Labute approximate surface area is 171 Å². The third-order valence-corrected chi connectivity index (χ3v) is 5.53. The second kappa shape index (κ2) is 9.50. The van der Waals surface area contributed by atoms with Crippen molar-refractivity contribution in [2.24, 2.45) is 5.16 Å². The molecule has 1 aromatic carbocycles. The van der Waals surface area contributed by atoms with Crippen LogP contribution in [0.25, 0.3) is 0 Å². The van der Waals surface area contributed by atoms with E-state index < -0.39 is 16.2 Å². The van der Waals surface area contributed by atoms with E-state index in [1.807, 2.05) is 25.1 Å². The van der Waals surface area contributed by atoms with Gasteiger partial charge in [-0.05, 0) is 63.0 Å². The van der Waals surface area contributed by atoms with E-state index >= 15 is 0 Å². The molecule has 2 aromatic rings. The molecule has 1 unspecified atom stereocenters. The maximum absolute atomic E-state index is 12.6. The average Bonchev–Trinajstić information content (AvgIpc) is 2.73. The van der Waals surface area contributed by atoms with Gasteiger partial charge in [0.1, 0.15) is 24.1 Å². The molecule has 0 saturated carbocycles. The summed E-state index contributed by atoms with van der Waals surface area (Å²) in [5.74, 6) is 6.07. The maximum atomic E-state index is 12.6. The lowest BCUT2D eigenvalue weighted by Crippen LogP contribution is -2.29. The monoisotopic (exact) mass is 410 g/mol. The Morgan fingerprint density at radius 2 is 1.97 bits per heavy atom. The van der Waals surface area contributed by atoms with Crippen molar-refractivity contribution in [2.75, 3.05) is 6.61 Å². The molecule has 1 heterocycles. The van der Waals surface area contributed by atoms with E-state index in [-0.39, 0.29) is 4.90 Å². The predicted octanol–water partition coefficient (Wildman–Crippen LogP) is 3.63.